The summed E-state index contributed by atoms with van der Waals surface area (Å²) in [5.74, 6) is -0.136. The number of unbranched alkanes of at least 4 members (excludes halogenated alkanes) is 18. The smallest absolute Gasteiger partial charge is 0.326 e. The number of rotatable bonds is 33. The van der Waals surface area contributed by atoms with E-state index >= 15 is 0 Å². The number of hydrogen-bond donors (Lipinski definition) is 0. The van der Waals surface area contributed by atoms with E-state index in [0.29, 0.717) is 0 Å². The highest BCUT2D eigenvalue weighted by molar-refractivity contribution is 5.69. The lowest BCUT2D eigenvalue weighted by atomic mass is 10.0. The van der Waals surface area contributed by atoms with Gasteiger partial charge in [-0.1, -0.05) is 140 Å². The molecule has 0 N–H and O–H groups in total. The Morgan fingerprint density at radius 3 is 1.41 bits per heavy atom. The quantitative estimate of drug-likeness (QED) is 0.0438. The Labute approximate surface area is 285 Å². The second-order valence-electron chi connectivity index (χ2n) is 13.1. The Kier molecular flexibility index (Phi) is 30.8. The fraction of sp³-hybridized carbons (Fsp3) is 0.714. The first-order valence-corrected chi connectivity index (χ1v) is 19.5. The summed E-state index contributed by atoms with van der Waals surface area (Å²) in [5.41, 5.74) is 0. The molecule has 0 aliphatic carbocycles. The van der Waals surface area contributed by atoms with Crippen molar-refractivity contribution >= 4 is 5.97 Å². The van der Waals surface area contributed by atoms with Gasteiger partial charge in [0.2, 0.25) is 0 Å². The molecule has 0 unspecified atom stereocenters. The Morgan fingerprint density at radius 2 is 1.00 bits per heavy atom. The molecule has 0 fully saturated rings. The van der Waals surface area contributed by atoms with Crippen molar-refractivity contribution in [1.82, 2.24) is 9.55 Å². The molecule has 1 heterocycles. The minimum absolute atomic E-state index is 0.0488. The predicted molar refractivity (Wildman–Crippen MR) is 200 cm³/mol. The van der Waals surface area contributed by atoms with Crippen LogP contribution < -0.4 is 0 Å². The van der Waals surface area contributed by atoms with Crippen molar-refractivity contribution in [3.05, 3.63) is 67.3 Å². The lowest BCUT2D eigenvalue weighted by Crippen LogP contribution is -2.21. The average Bonchev–Trinajstić information content (AvgIpc) is 3.57. The number of esters is 1. The number of nitrogens with zero attached hydrogens (tertiary/aromatic N) is 2. The van der Waals surface area contributed by atoms with Gasteiger partial charge in [-0.2, -0.15) is 0 Å². The zero-order valence-electron chi connectivity index (χ0n) is 30.2. The molecule has 0 aliphatic rings. The summed E-state index contributed by atoms with van der Waals surface area (Å²) < 4.78 is 7.75. The molecular formula is C42H72N2O2. The van der Waals surface area contributed by atoms with E-state index in [2.05, 4.69) is 67.4 Å². The maximum absolute atomic E-state index is 12.6. The second kappa shape index (κ2) is 34.0. The molecule has 0 saturated carbocycles. The number of allylic oxidation sites excluding steroid dienone is 8. The van der Waals surface area contributed by atoms with Crippen molar-refractivity contribution in [1.29, 1.82) is 0 Å². The van der Waals surface area contributed by atoms with Gasteiger partial charge in [0.15, 0.2) is 0 Å². The van der Waals surface area contributed by atoms with Gasteiger partial charge in [-0.3, -0.25) is 4.79 Å². The number of imidazole rings is 1. The molecule has 0 aliphatic heterocycles. The lowest BCUT2D eigenvalue weighted by Gasteiger charge is -2.18. The molecule has 0 amide bonds. The van der Waals surface area contributed by atoms with Crippen molar-refractivity contribution in [2.24, 2.45) is 0 Å². The van der Waals surface area contributed by atoms with Gasteiger partial charge in [-0.15, -0.1) is 0 Å². The van der Waals surface area contributed by atoms with E-state index in [1.54, 1.807) is 17.1 Å². The Morgan fingerprint density at radius 1 is 0.587 bits per heavy atom. The summed E-state index contributed by atoms with van der Waals surface area (Å²) in [5, 5.41) is 0. The molecule has 46 heavy (non-hydrogen) atoms. The van der Waals surface area contributed by atoms with Crippen LogP contribution in [0, 0.1) is 0 Å². The Hall–Kier alpha value is -2.36. The number of aromatic nitrogens is 2. The molecule has 0 atom stereocenters. The second-order valence-corrected chi connectivity index (χ2v) is 13.1. The lowest BCUT2D eigenvalue weighted by molar-refractivity contribution is -0.150. The Balaban J connectivity index is 2.13. The standard InChI is InChI=1S/C42H72N2O2/c1-3-5-7-9-11-13-15-17-19-21-23-25-27-29-31-33-35-41(46-42(45)39-44-38-37-43-40-44)36-34-32-30-28-26-24-22-20-18-16-14-12-10-8-6-4-2/h11-14,17-20,37-38,40-41H,3-10,15-16,21-36,39H2,1-2H3/b13-11-,14-12-,19-17-,20-18-. The van der Waals surface area contributed by atoms with Gasteiger partial charge in [0.05, 0.1) is 6.33 Å². The number of ether oxygens (including phenoxy) is 1. The van der Waals surface area contributed by atoms with Crippen LogP contribution in [0.4, 0.5) is 0 Å². The molecule has 262 valence electrons. The van der Waals surface area contributed by atoms with Crippen molar-refractivity contribution in [2.45, 2.75) is 193 Å². The van der Waals surface area contributed by atoms with Crippen LogP contribution in [0.15, 0.2) is 67.3 Å². The highest BCUT2D eigenvalue weighted by atomic mass is 16.5. The molecule has 0 aromatic carbocycles. The van der Waals surface area contributed by atoms with Crippen LogP contribution in [0.2, 0.25) is 0 Å². The first kappa shape index (κ1) is 41.7. The molecule has 0 bridgehead atoms. The third kappa shape index (κ3) is 29.1. The fourth-order valence-corrected chi connectivity index (χ4v) is 5.74. The predicted octanol–water partition coefficient (Wildman–Crippen LogP) is 13.2. The minimum Gasteiger partial charge on any atom is -0.461 e. The molecule has 0 spiro atoms. The third-order valence-corrected chi connectivity index (χ3v) is 8.62. The van der Waals surface area contributed by atoms with Gasteiger partial charge in [-0.05, 0) is 89.9 Å². The van der Waals surface area contributed by atoms with E-state index in [0.717, 1.165) is 38.5 Å². The van der Waals surface area contributed by atoms with Crippen LogP contribution >= 0.6 is 0 Å². The monoisotopic (exact) mass is 637 g/mol. The molecular weight excluding hydrogens is 564 g/mol. The average molecular weight is 637 g/mol. The molecule has 0 radical (unpaired) electrons. The summed E-state index contributed by atoms with van der Waals surface area (Å²) in [7, 11) is 0. The maximum Gasteiger partial charge on any atom is 0.326 e. The van der Waals surface area contributed by atoms with E-state index in [9.17, 15) is 4.79 Å². The Bertz CT molecular complexity index is 835. The van der Waals surface area contributed by atoms with Crippen LogP contribution in [0.25, 0.3) is 0 Å². The summed E-state index contributed by atoms with van der Waals surface area (Å²) in [6.07, 6.45) is 56.0. The number of carbonyl (C=O) groups excluding carboxylic acids is 1. The van der Waals surface area contributed by atoms with Gasteiger partial charge in [0.25, 0.3) is 0 Å². The number of hydrogen-bond acceptors (Lipinski definition) is 3. The molecule has 1 rings (SSSR count). The topological polar surface area (TPSA) is 44.1 Å². The minimum atomic E-state index is -0.136. The van der Waals surface area contributed by atoms with Crippen molar-refractivity contribution in [3.63, 3.8) is 0 Å². The van der Waals surface area contributed by atoms with Crippen LogP contribution in [0.3, 0.4) is 0 Å². The molecule has 1 aromatic rings. The first-order chi connectivity index (χ1) is 22.8. The van der Waals surface area contributed by atoms with E-state index in [4.69, 9.17) is 4.74 Å². The highest BCUT2D eigenvalue weighted by Gasteiger charge is 2.14. The van der Waals surface area contributed by atoms with Gasteiger partial charge in [0, 0.05) is 12.4 Å². The molecule has 4 heteroatoms. The number of carbonyl (C=O) groups is 1. The summed E-state index contributed by atoms with van der Waals surface area (Å²) in [6.45, 7) is 4.77. The summed E-state index contributed by atoms with van der Waals surface area (Å²) in [6, 6.07) is 0. The highest BCUT2D eigenvalue weighted by Crippen LogP contribution is 2.18. The largest absolute Gasteiger partial charge is 0.461 e. The van der Waals surface area contributed by atoms with Crippen LogP contribution in [-0.4, -0.2) is 21.6 Å². The third-order valence-electron chi connectivity index (χ3n) is 8.62. The zero-order chi connectivity index (χ0) is 33.0. The van der Waals surface area contributed by atoms with Crippen LogP contribution in [0.1, 0.15) is 181 Å². The normalized spacial score (nSPS) is 12.2. The van der Waals surface area contributed by atoms with Gasteiger partial charge in [0.1, 0.15) is 12.6 Å². The molecule has 1 aromatic heterocycles. The summed E-state index contributed by atoms with van der Waals surface area (Å²) in [4.78, 5) is 16.6. The SMILES string of the molecule is CCCCC/C=C\C/C=C\CCCCCCCCC(CCCCCCCC/C=C\C/C=C\CCCCC)OC(=O)Cn1ccnc1. The van der Waals surface area contributed by atoms with Crippen molar-refractivity contribution in [3.8, 4) is 0 Å². The van der Waals surface area contributed by atoms with Gasteiger partial charge < -0.3 is 9.30 Å². The first-order valence-electron chi connectivity index (χ1n) is 19.5. The zero-order valence-corrected chi connectivity index (χ0v) is 30.2. The van der Waals surface area contributed by atoms with Crippen molar-refractivity contribution < 1.29 is 9.53 Å². The molecule has 4 nitrogen and oxygen atoms in total. The van der Waals surface area contributed by atoms with Gasteiger partial charge >= 0.3 is 5.97 Å². The van der Waals surface area contributed by atoms with Crippen LogP contribution in [0.5, 0.6) is 0 Å². The van der Waals surface area contributed by atoms with Gasteiger partial charge in [-0.25, -0.2) is 4.98 Å². The van der Waals surface area contributed by atoms with E-state index in [1.165, 1.54) is 128 Å². The molecule has 0 saturated heterocycles. The van der Waals surface area contributed by atoms with E-state index in [-0.39, 0.29) is 18.6 Å². The van der Waals surface area contributed by atoms with E-state index < -0.39 is 0 Å². The van der Waals surface area contributed by atoms with Crippen molar-refractivity contribution in [2.75, 3.05) is 0 Å². The summed E-state index contributed by atoms with van der Waals surface area (Å²) >= 11 is 0. The van der Waals surface area contributed by atoms with E-state index in [1.807, 2.05) is 6.20 Å². The maximum atomic E-state index is 12.6. The van der Waals surface area contributed by atoms with Crippen LogP contribution in [-0.2, 0) is 16.1 Å². The fourth-order valence-electron chi connectivity index (χ4n) is 5.74.